The minimum absolute atomic E-state index is 0.0869. The molecule has 0 fully saturated rings. The summed E-state index contributed by atoms with van der Waals surface area (Å²) in [5, 5.41) is 8.62. The van der Waals surface area contributed by atoms with E-state index in [9.17, 15) is 26.7 Å². The van der Waals surface area contributed by atoms with E-state index in [1.807, 2.05) is 0 Å². The Balaban J connectivity index is 2.64. The van der Waals surface area contributed by atoms with Crippen molar-refractivity contribution in [3.05, 3.63) is 35.1 Å². The molecule has 0 amide bonds. The maximum Gasteiger partial charge on any atom is 0.338 e. The normalized spacial score (nSPS) is 11.9. The summed E-state index contributed by atoms with van der Waals surface area (Å²) in [6.07, 6.45) is -3.85. The Morgan fingerprint density at radius 1 is 1.37 bits per heavy atom. The van der Waals surface area contributed by atoms with Crippen LogP contribution in [0.1, 0.15) is 15.9 Å². The monoisotopic (exact) mass is 284 g/mol. The lowest BCUT2D eigenvalue weighted by Crippen LogP contribution is -2.32. The van der Waals surface area contributed by atoms with Crippen LogP contribution in [0.15, 0.2) is 18.2 Å². The highest BCUT2D eigenvalue weighted by molar-refractivity contribution is 5.88. The molecule has 0 aliphatic carbocycles. The van der Waals surface area contributed by atoms with Crippen LogP contribution in [0.25, 0.3) is 0 Å². The first kappa shape index (κ1) is 15.4. The third kappa shape index (κ3) is 4.16. The molecule has 3 nitrogen and oxygen atoms in total. The van der Waals surface area contributed by atoms with Gasteiger partial charge in [0.15, 0.2) is 0 Å². The third-order valence-corrected chi connectivity index (χ3v) is 2.14. The molecule has 0 aliphatic rings. The number of halogens is 5. The predicted molar refractivity (Wildman–Crippen MR) is 54.0 cm³/mol. The van der Waals surface area contributed by atoms with E-state index in [2.05, 4.69) is 4.74 Å². The zero-order valence-corrected chi connectivity index (χ0v) is 9.38. The number of hydrogen-bond donors (Lipinski definition) is 1. The summed E-state index contributed by atoms with van der Waals surface area (Å²) in [5.41, 5.74) is -0.564. The number of alkyl halides is 4. The van der Waals surface area contributed by atoms with Crippen LogP contribution in [0, 0.1) is 5.82 Å². The predicted octanol–water partition coefficient (Wildman–Crippen LogP) is 2.94. The first-order chi connectivity index (χ1) is 8.74. The number of carboxylic acids is 1. The quantitative estimate of drug-likeness (QED) is 0.817. The largest absolute Gasteiger partial charge is 0.478 e. The summed E-state index contributed by atoms with van der Waals surface area (Å²) in [6, 6.07) is 2.83. The van der Waals surface area contributed by atoms with E-state index in [0.717, 1.165) is 18.2 Å². The third-order valence-electron chi connectivity index (χ3n) is 2.14. The molecule has 0 atom stereocenters. The maximum atomic E-state index is 13.0. The Morgan fingerprint density at radius 2 is 2.00 bits per heavy atom. The van der Waals surface area contributed by atoms with Crippen molar-refractivity contribution < 1.29 is 36.6 Å². The van der Waals surface area contributed by atoms with Crippen LogP contribution in [0.2, 0.25) is 0 Å². The molecular weight excluding hydrogens is 275 g/mol. The topological polar surface area (TPSA) is 46.5 Å². The number of carbonyl (C=O) groups is 1. The molecule has 0 saturated carbocycles. The minimum atomic E-state index is -4.28. The smallest absolute Gasteiger partial charge is 0.338 e. The van der Waals surface area contributed by atoms with E-state index in [1.165, 1.54) is 0 Å². The second-order valence-electron chi connectivity index (χ2n) is 3.67. The molecular formula is C11H9F5O3. The van der Waals surface area contributed by atoms with Crippen LogP contribution in [-0.2, 0) is 11.3 Å². The molecule has 0 bridgehead atoms. The van der Waals surface area contributed by atoms with Gasteiger partial charge in [-0.2, -0.15) is 8.78 Å². The van der Waals surface area contributed by atoms with Crippen LogP contribution in [0.5, 0.6) is 0 Å². The molecule has 0 spiro atoms. The molecule has 0 aromatic heterocycles. The van der Waals surface area contributed by atoms with Gasteiger partial charge in [0.1, 0.15) is 12.4 Å². The van der Waals surface area contributed by atoms with Crippen LogP contribution in [-0.4, -0.2) is 30.0 Å². The van der Waals surface area contributed by atoms with E-state index in [1.54, 1.807) is 0 Å². The summed E-state index contributed by atoms with van der Waals surface area (Å²) in [6.45, 7) is -2.03. The molecule has 19 heavy (non-hydrogen) atoms. The molecule has 0 heterocycles. The second kappa shape index (κ2) is 5.96. The van der Waals surface area contributed by atoms with Gasteiger partial charge in [0.25, 0.3) is 0 Å². The first-order valence-corrected chi connectivity index (χ1v) is 4.99. The van der Waals surface area contributed by atoms with Gasteiger partial charge >= 0.3 is 18.3 Å². The van der Waals surface area contributed by atoms with Crippen molar-refractivity contribution in [3.63, 3.8) is 0 Å². The molecule has 0 aliphatic heterocycles. The van der Waals surface area contributed by atoms with Crippen LogP contribution < -0.4 is 0 Å². The fraction of sp³-hybridized carbons (Fsp3) is 0.364. The molecule has 0 saturated heterocycles. The molecule has 1 aromatic rings. The van der Waals surface area contributed by atoms with Crippen LogP contribution in [0.3, 0.4) is 0 Å². The Labute approximate surface area is 104 Å². The zero-order chi connectivity index (χ0) is 14.6. The Morgan fingerprint density at radius 3 is 2.53 bits per heavy atom. The zero-order valence-electron chi connectivity index (χ0n) is 9.38. The van der Waals surface area contributed by atoms with Gasteiger partial charge in [0.2, 0.25) is 0 Å². The van der Waals surface area contributed by atoms with Gasteiger partial charge in [-0.15, -0.1) is 0 Å². The van der Waals surface area contributed by atoms with E-state index in [4.69, 9.17) is 5.11 Å². The Hall–Kier alpha value is -1.70. The van der Waals surface area contributed by atoms with Gasteiger partial charge in [-0.05, 0) is 17.7 Å². The van der Waals surface area contributed by atoms with Gasteiger partial charge in [-0.3, -0.25) is 0 Å². The van der Waals surface area contributed by atoms with Crippen molar-refractivity contribution in [3.8, 4) is 0 Å². The highest BCUT2D eigenvalue weighted by Gasteiger charge is 2.40. The summed E-state index contributed by atoms with van der Waals surface area (Å²) in [7, 11) is 0. The Kier molecular flexibility index (Phi) is 4.82. The van der Waals surface area contributed by atoms with Crippen molar-refractivity contribution in [1.29, 1.82) is 0 Å². The lowest BCUT2D eigenvalue weighted by atomic mass is 10.1. The Bertz CT molecular complexity index is 462. The summed E-state index contributed by atoms with van der Waals surface area (Å²) in [4.78, 5) is 10.6. The van der Waals surface area contributed by atoms with Crippen molar-refractivity contribution in [2.24, 2.45) is 0 Å². The molecule has 0 radical (unpaired) electrons. The number of aromatic carboxylic acids is 1. The minimum Gasteiger partial charge on any atom is -0.478 e. The van der Waals surface area contributed by atoms with Crippen molar-refractivity contribution in [2.45, 2.75) is 19.0 Å². The van der Waals surface area contributed by atoms with Crippen LogP contribution in [0.4, 0.5) is 22.0 Å². The number of ether oxygens (including phenoxy) is 1. The number of carboxylic acid groups (broad SMARTS) is 1. The molecule has 1 aromatic carbocycles. The van der Waals surface area contributed by atoms with E-state index < -0.39 is 42.9 Å². The standard InChI is InChI=1S/C11H9F5O3/c12-8-2-1-6(3-7(8)9(17)18)4-19-5-11(15,16)10(13)14/h1-3,10H,4-5H2,(H,17,18). The van der Waals surface area contributed by atoms with Crippen molar-refractivity contribution in [1.82, 2.24) is 0 Å². The lowest BCUT2D eigenvalue weighted by Gasteiger charge is -2.15. The second-order valence-corrected chi connectivity index (χ2v) is 3.67. The number of hydrogen-bond acceptors (Lipinski definition) is 2. The van der Waals surface area contributed by atoms with Crippen molar-refractivity contribution in [2.75, 3.05) is 6.61 Å². The summed E-state index contributed by atoms with van der Waals surface area (Å²) < 4.78 is 66.0. The van der Waals surface area contributed by atoms with Crippen LogP contribution >= 0.6 is 0 Å². The molecule has 1 N–H and O–H groups in total. The van der Waals surface area contributed by atoms with Gasteiger partial charge in [0, 0.05) is 0 Å². The molecule has 106 valence electrons. The fourth-order valence-electron chi connectivity index (χ4n) is 1.19. The highest BCUT2D eigenvalue weighted by Crippen LogP contribution is 2.23. The number of rotatable bonds is 6. The molecule has 0 unspecified atom stereocenters. The first-order valence-electron chi connectivity index (χ1n) is 4.99. The maximum absolute atomic E-state index is 13.0. The lowest BCUT2D eigenvalue weighted by molar-refractivity contribution is -0.168. The average molecular weight is 284 g/mol. The fourth-order valence-corrected chi connectivity index (χ4v) is 1.19. The average Bonchev–Trinajstić information content (AvgIpc) is 2.30. The van der Waals surface area contributed by atoms with Gasteiger partial charge in [0.05, 0.1) is 12.2 Å². The van der Waals surface area contributed by atoms with Gasteiger partial charge in [-0.25, -0.2) is 18.0 Å². The van der Waals surface area contributed by atoms with E-state index in [0.29, 0.717) is 0 Å². The van der Waals surface area contributed by atoms with Gasteiger partial charge < -0.3 is 9.84 Å². The van der Waals surface area contributed by atoms with Gasteiger partial charge in [-0.1, -0.05) is 6.07 Å². The summed E-state index contributed by atoms with van der Waals surface area (Å²) >= 11 is 0. The highest BCUT2D eigenvalue weighted by atomic mass is 19.3. The number of benzene rings is 1. The van der Waals surface area contributed by atoms with Crippen molar-refractivity contribution >= 4 is 5.97 Å². The van der Waals surface area contributed by atoms with E-state index in [-0.39, 0.29) is 5.56 Å². The van der Waals surface area contributed by atoms with E-state index >= 15 is 0 Å². The molecule has 1 rings (SSSR count). The molecule has 8 heteroatoms. The SMILES string of the molecule is O=C(O)c1cc(COCC(F)(F)C(F)F)ccc1F. The summed E-state index contributed by atoms with van der Waals surface area (Å²) in [5.74, 6) is -6.80.